The summed E-state index contributed by atoms with van der Waals surface area (Å²) in [5.41, 5.74) is 1.07. The van der Waals surface area contributed by atoms with E-state index in [-0.39, 0.29) is 5.66 Å². The van der Waals surface area contributed by atoms with Crippen molar-refractivity contribution in [2.75, 3.05) is 21.1 Å². The van der Waals surface area contributed by atoms with E-state index in [1.165, 1.54) is 5.70 Å². The predicted octanol–water partition coefficient (Wildman–Crippen LogP) is 0.185. The molecule has 3 nitrogen and oxygen atoms in total. The van der Waals surface area contributed by atoms with Crippen LogP contribution < -0.4 is 16.0 Å². The molecule has 0 radical (unpaired) electrons. The average Bonchev–Trinajstić information content (AvgIpc) is 2.17. The molecule has 0 fully saturated rings. The molecular weight excluding hydrogens is 150 g/mol. The third kappa shape index (κ3) is 1.38. The Hall–Kier alpha value is -0.800. The summed E-state index contributed by atoms with van der Waals surface area (Å²) in [7, 11) is 5.86. The van der Waals surface area contributed by atoms with E-state index in [1.54, 1.807) is 0 Å². The molecule has 0 amide bonds. The van der Waals surface area contributed by atoms with Crippen LogP contribution >= 0.6 is 0 Å². The highest BCUT2D eigenvalue weighted by Crippen LogP contribution is 2.19. The van der Waals surface area contributed by atoms with E-state index < -0.39 is 0 Å². The highest BCUT2D eigenvalue weighted by Gasteiger charge is 2.29. The minimum absolute atomic E-state index is 0.108. The lowest BCUT2D eigenvalue weighted by molar-refractivity contribution is 0.338. The molecule has 3 heteroatoms. The second-order valence-electron chi connectivity index (χ2n) is 2.87. The molecule has 1 aliphatic carbocycles. The highest BCUT2D eigenvalue weighted by molar-refractivity contribution is 5.28. The van der Waals surface area contributed by atoms with Crippen LogP contribution in [0.5, 0.6) is 0 Å². The second kappa shape index (κ2) is 3.74. The van der Waals surface area contributed by atoms with Crippen molar-refractivity contribution in [1.82, 2.24) is 16.0 Å². The van der Waals surface area contributed by atoms with Gasteiger partial charge < -0.3 is 5.32 Å². The monoisotopic (exact) mass is 167 g/mol. The number of hydrogen-bond donors (Lipinski definition) is 3. The minimum Gasteiger partial charge on any atom is -0.389 e. The molecule has 1 aliphatic rings. The van der Waals surface area contributed by atoms with Gasteiger partial charge in [0, 0.05) is 19.2 Å². The lowest BCUT2D eigenvalue weighted by Gasteiger charge is -2.36. The van der Waals surface area contributed by atoms with Crippen molar-refractivity contribution in [2.45, 2.75) is 12.1 Å². The zero-order valence-electron chi connectivity index (χ0n) is 7.94. The number of rotatable bonds is 3. The van der Waals surface area contributed by atoms with Crippen molar-refractivity contribution in [3.8, 4) is 0 Å². The first-order valence-electron chi connectivity index (χ1n) is 4.22. The van der Waals surface area contributed by atoms with Crippen LogP contribution in [0.1, 0.15) is 6.42 Å². The fourth-order valence-electron chi connectivity index (χ4n) is 1.56. The van der Waals surface area contributed by atoms with Gasteiger partial charge in [-0.2, -0.15) is 0 Å². The van der Waals surface area contributed by atoms with Crippen molar-refractivity contribution in [3.63, 3.8) is 0 Å². The van der Waals surface area contributed by atoms with Gasteiger partial charge in [0.25, 0.3) is 0 Å². The van der Waals surface area contributed by atoms with Gasteiger partial charge in [-0.15, -0.1) is 0 Å². The van der Waals surface area contributed by atoms with Gasteiger partial charge in [0.2, 0.25) is 0 Å². The average molecular weight is 167 g/mol. The SMILES string of the molecule is CNC1=CC=CCC1(NC)NC. The van der Waals surface area contributed by atoms with Crippen molar-refractivity contribution >= 4 is 0 Å². The molecule has 0 aromatic rings. The summed E-state index contributed by atoms with van der Waals surface area (Å²) in [6.45, 7) is 0. The molecule has 3 N–H and O–H groups in total. The zero-order chi connectivity index (χ0) is 9.03. The molecular formula is C9H17N3. The van der Waals surface area contributed by atoms with E-state index in [0.717, 1.165) is 6.42 Å². The van der Waals surface area contributed by atoms with Gasteiger partial charge in [-0.1, -0.05) is 12.2 Å². The molecule has 0 unspecified atom stereocenters. The summed E-state index contributed by atoms with van der Waals surface area (Å²) in [4.78, 5) is 0. The summed E-state index contributed by atoms with van der Waals surface area (Å²) in [5, 5.41) is 9.73. The van der Waals surface area contributed by atoms with Crippen molar-refractivity contribution in [2.24, 2.45) is 0 Å². The Morgan fingerprint density at radius 3 is 2.33 bits per heavy atom. The molecule has 0 saturated heterocycles. The summed E-state index contributed by atoms with van der Waals surface area (Å²) >= 11 is 0. The van der Waals surface area contributed by atoms with E-state index in [2.05, 4.69) is 34.2 Å². The molecule has 0 heterocycles. The van der Waals surface area contributed by atoms with Crippen LogP contribution in [-0.4, -0.2) is 26.8 Å². The Bertz CT molecular complexity index is 202. The van der Waals surface area contributed by atoms with E-state index >= 15 is 0 Å². The van der Waals surface area contributed by atoms with Crippen LogP contribution in [0.4, 0.5) is 0 Å². The molecule has 0 atom stereocenters. The summed E-state index contributed by atoms with van der Waals surface area (Å²) in [6.07, 6.45) is 7.26. The number of nitrogens with one attached hydrogen (secondary N) is 3. The maximum Gasteiger partial charge on any atom is 0.113 e. The molecule has 12 heavy (non-hydrogen) atoms. The van der Waals surface area contributed by atoms with Crippen molar-refractivity contribution in [3.05, 3.63) is 23.9 Å². The van der Waals surface area contributed by atoms with Gasteiger partial charge in [-0.3, -0.25) is 10.6 Å². The lowest BCUT2D eigenvalue weighted by Crippen LogP contribution is -2.58. The lowest BCUT2D eigenvalue weighted by atomic mass is 9.97. The van der Waals surface area contributed by atoms with Gasteiger partial charge in [0.15, 0.2) is 0 Å². The molecule has 0 spiro atoms. The fourth-order valence-corrected chi connectivity index (χ4v) is 1.56. The molecule has 0 bridgehead atoms. The van der Waals surface area contributed by atoms with Gasteiger partial charge in [0.1, 0.15) is 5.66 Å². The van der Waals surface area contributed by atoms with Crippen LogP contribution in [0.3, 0.4) is 0 Å². The first kappa shape index (κ1) is 9.29. The van der Waals surface area contributed by atoms with E-state index in [0.29, 0.717) is 0 Å². The largest absolute Gasteiger partial charge is 0.389 e. The second-order valence-corrected chi connectivity index (χ2v) is 2.87. The first-order chi connectivity index (χ1) is 5.79. The van der Waals surface area contributed by atoms with E-state index in [9.17, 15) is 0 Å². The molecule has 1 rings (SSSR count). The number of hydrogen-bond acceptors (Lipinski definition) is 3. The topological polar surface area (TPSA) is 36.1 Å². The fraction of sp³-hybridized carbons (Fsp3) is 0.556. The summed E-state index contributed by atoms with van der Waals surface area (Å²) in [5.74, 6) is 0. The number of allylic oxidation sites excluding steroid dienone is 2. The quantitative estimate of drug-likeness (QED) is 0.525. The summed E-state index contributed by atoms with van der Waals surface area (Å²) < 4.78 is 0. The highest BCUT2D eigenvalue weighted by atomic mass is 15.2. The van der Waals surface area contributed by atoms with Crippen LogP contribution in [0.15, 0.2) is 23.9 Å². The molecule has 0 aromatic carbocycles. The van der Waals surface area contributed by atoms with Crippen LogP contribution in [0, 0.1) is 0 Å². The third-order valence-corrected chi connectivity index (χ3v) is 2.41. The maximum absolute atomic E-state index is 3.27. The standard InChI is InChI=1S/C9H17N3/c1-10-8-6-4-5-7-9(8,11-2)12-3/h4-6,10-12H,7H2,1-3H3. The minimum atomic E-state index is -0.108. The van der Waals surface area contributed by atoms with Gasteiger partial charge in [-0.05, 0) is 20.2 Å². The Balaban J connectivity index is 2.88. The van der Waals surface area contributed by atoms with Crippen molar-refractivity contribution < 1.29 is 0 Å². The number of likely N-dealkylation sites (N-methyl/N-ethyl adjacent to an activating group) is 3. The van der Waals surface area contributed by atoms with E-state index in [4.69, 9.17) is 0 Å². The van der Waals surface area contributed by atoms with Crippen LogP contribution in [-0.2, 0) is 0 Å². The van der Waals surface area contributed by atoms with Crippen LogP contribution in [0.25, 0.3) is 0 Å². The Morgan fingerprint density at radius 2 is 1.92 bits per heavy atom. The normalized spacial score (nSPS) is 20.4. The maximum atomic E-state index is 3.27. The zero-order valence-corrected chi connectivity index (χ0v) is 7.94. The van der Waals surface area contributed by atoms with Crippen LogP contribution in [0.2, 0.25) is 0 Å². The van der Waals surface area contributed by atoms with E-state index in [1.807, 2.05) is 21.1 Å². The van der Waals surface area contributed by atoms with Gasteiger partial charge in [0.05, 0.1) is 0 Å². The van der Waals surface area contributed by atoms with Crippen molar-refractivity contribution in [1.29, 1.82) is 0 Å². The van der Waals surface area contributed by atoms with Gasteiger partial charge >= 0.3 is 0 Å². The molecule has 0 saturated carbocycles. The molecule has 68 valence electrons. The molecule has 0 aromatic heterocycles. The Kier molecular flexibility index (Phi) is 2.89. The third-order valence-electron chi connectivity index (χ3n) is 2.41. The smallest absolute Gasteiger partial charge is 0.113 e. The Labute approximate surface area is 73.9 Å². The molecule has 0 aliphatic heterocycles. The summed E-state index contributed by atoms with van der Waals surface area (Å²) in [6, 6.07) is 0. The van der Waals surface area contributed by atoms with Gasteiger partial charge in [-0.25, -0.2) is 0 Å². The Morgan fingerprint density at radius 1 is 1.25 bits per heavy atom. The predicted molar refractivity (Wildman–Crippen MR) is 51.8 cm³/mol. The first-order valence-corrected chi connectivity index (χ1v) is 4.22.